The van der Waals surface area contributed by atoms with Crippen LogP contribution in [0.25, 0.3) is 10.9 Å². The van der Waals surface area contributed by atoms with Gasteiger partial charge in [0.15, 0.2) is 5.82 Å². The molecule has 0 amide bonds. The van der Waals surface area contributed by atoms with Crippen LogP contribution in [-0.4, -0.2) is 20.9 Å². The number of aromatic nitrogens is 2. The number of carboxylic acid groups (broad SMARTS) is 1. The molecule has 4 nitrogen and oxygen atoms in total. The molecule has 0 bridgehead atoms. The van der Waals surface area contributed by atoms with Crippen molar-refractivity contribution in [3.8, 4) is 0 Å². The molecule has 0 saturated heterocycles. The highest BCUT2D eigenvalue weighted by Gasteiger charge is 2.12. The van der Waals surface area contributed by atoms with Crippen LogP contribution >= 0.6 is 11.6 Å². The van der Waals surface area contributed by atoms with Crippen LogP contribution < -0.4 is 0 Å². The van der Waals surface area contributed by atoms with Gasteiger partial charge in [-0.25, -0.2) is 4.39 Å². The topological polar surface area (TPSA) is 55.1 Å². The fourth-order valence-corrected chi connectivity index (χ4v) is 1.71. The van der Waals surface area contributed by atoms with Gasteiger partial charge in [-0.1, -0.05) is 17.7 Å². The molecule has 16 heavy (non-hydrogen) atoms. The predicted octanol–water partition coefficient (Wildman–Crippen LogP) is 2.30. The quantitative estimate of drug-likeness (QED) is 0.899. The molecule has 0 aliphatic rings. The molecule has 0 aliphatic heterocycles. The number of carbonyl (C=O) groups is 1. The van der Waals surface area contributed by atoms with Gasteiger partial charge in [0, 0.05) is 5.39 Å². The van der Waals surface area contributed by atoms with Crippen molar-refractivity contribution in [1.29, 1.82) is 0 Å². The van der Waals surface area contributed by atoms with Crippen LogP contribution in [0.15, 0.2) is 18.2 Å². The van der Waals surface area contributed by atoms with E-state index in [4.69, 9.17) is 16.7 Å². The zero-order valence-electron chi connectivity index (χ0n) is 8.15. The van der Waals surface area contributed by atoms with Crippen molar-refractivity contribution in [3.05, 3.63) is 29.2 Å². The van der Waals surface area contributed by atoms with Gasteiger partial charge >= 0.3 is 5.97 Å². The maximum atomic E-state index is 13.3. The smallest absolute Gasteiger partial charge is 0.305 e. The molecule has 0 unspecified atom stereocenters. The average molecular weight is 243 g/mol. The summed E-state index contributed by atoms with van der Waals surface area (Å²) in [4.78, 5) is 10.4. The number of fused-ring (bicyclic) bond motifs is 1. The maximum Gasteiger partial charge on any atom is 0.305 e. The van der Waals surface area contributed by atoms with E-state index in [1.54, 1.807) is 6.07 Å². The van der Waals surface area contributed by atoms with Crippen LogP contribution in [0.2, 0.25) is 5.15 Å². The van der Waals surface area contributed by atoms with Crippen molar-refractivity contribution >= 4 is 28.5 Å². The van der Waals surface area contributed by atoms with E-state index in [0.29, 0.717) is 5.39 Å². The minimum absolute atomic E-state index is 0.102. The summed E-state index contributed by atoms with van der Waals surface area (Å²) >= 11 is 5.95. The highest BCUT2D eigenvalue weighted by Crippen LogP contribution is 2.25. The third kappa shape index (κ3) is 1.86. The molecule has 1 N–H and O–H groups in total. The Labute approximate surface area is 95.2 Å². The number of aliphatic carboxylic acids is 1. The second kappa shape index (κ2) is 4.09. The average Bonchev–Trinajstić information content (AvgIpc) is 2.55. The molecule has 1 aromatic heterocycles. The molecular weight excluding hydrogens is 235 g/mol. The number of hydrogen-bond acceptors (Lipinski definition) is 2. The molecule has 6 heteroatoms. The summed E-state index contributed by atoms with van der Waals surface area (Å²) in [6.07, 6.45) is -0.102. The third-order valence-corrected chi connectivity index (χ3v) is 2.59. The van der Waals surface area contributed by atoms with Crippen molar-refractivity contribution < 1.29 is 14.3 Å². The number of nitrogens with zero attached hydrogens (tertiary/aromatic N) is 2. The van der Waals surface area contributed by atoms with Gasteiger partial charge < -0.3 is 5.11 Å². The van der Waals surface area contributed by atoms with Crippen LogP contribution in [0.4, 0.5) is 4.39 Å². The zero-order chi connectivity index (χ0) is 11.7. The number of hydrogen-bond donors (Lipinski definition) is 1. The van der Waals surface area contributed by atoms with E-state index in [9.17, 15) is 9.18 Å². The molecule has 2 aromatic rings. The molecule has 0 radical (unpaired) electrons. The first-order valence-corrected chi connectivity index (χ1v) is 4.99. The van der Waals surface area contributed by atoms with Crippen molar-refractivity contribution in [3.63, 3.8) is 0 Å². The van der Waals surface area contributed by atoms with Crippen molar-refractivity contribution in [2.75, 3.05) is 0 Å². The van der Waals surface area contributed by atoms with Gasteiger partial charge in [0.1, 0.15) is 10.7 Å². The van der Waals surface area contributed by atoms with E-state index in [1.807, 2.05) is 0 Å². The molecule has 0 fully saturated rings. The SMILES string of the molecule is O=C(O)CCn1nc2c(F)cccc2c1Cl. The minimum atomic E-state index is -0.948. The Bertz CT molecular complexity index is 553. The first-order chi connectivity index (χ1) is 7.59. The molecule has 0 aliphatic carbocycles. The Hall–Kier alpha value is -1.62. The Morgan fingerprint density at radius 2 is 2.31 bits per heavy atom. The first kappa shape index (κ1) is 10.9. The predicted molar refractivity (Wildman–Crippen MR) is 57.0 cm³/mol. The summed E-state index contributed by atoms with van der Waals surface area (Å²) in [5, 5.41) is 13.2. The number of aryl methyl sites for hydroxylation is 1. The van der Waals surface area contributed by atoms with E-state index in [-0.39, 0.29) is 23.6 Å². The summed E-state index contributed by atoms with van der Waals surface area (Å²) in [6.45, 7) is 0.127. The molecule has 0 atom stereocenters. The highest BCUT2D eigenvalue weighted by molar-refractivity contribution is 6.34. The Balaban J connectivity index is 2.44. The van der Waals surface area contributed by atoms with Gasteiger partial charge in [0.2, 0.25) is 0 Å². The second-order valence-electron chi connectivity index (χ2n) is 3.29. The summed E-state index contributed by atoms with van der Waals surface area (Å²) in [5.41, 5.74) is 0.165. The van der Waals surface area contributed by atoms with Gasteiger partial charge in [-0.3, -0.25) is 9.48 Å². The third-order valence-electron chi connectivity index (χ3n) is 2.19. The largest absolute Gasteiger partial charge is 0.481 e. The lowest BCUT2D eigenvalue weighted by Gasteiger charge is -1.98. The lowest BCUT2D eigenvalue weighted by atomic mass is 10.2. The highest BCUT2D eigenvalue weighted by atomic mass is 35.5. The van der Waals surface area contributed by atoms with Crippen LogP contribution in [0, 0.1) is 5.82 Å². The molecule has 0 spiro atoms. The number of halogens is 2. The number of rotatable bonds is 3. The molecule has 2 rings (SSSR count). The Kier molecular flexibility index (Phi) is 2.78. The molecule has 84 valence electrons. The number of carboxylic acids is 1. The van der Waals surface area contributed by atoms with Crippen molar-refractivity contribution in [2.45, 2.75) is 13.0 Å². The lowest BCUT2D eigenvalue weighted by molar-refractivity contribution is -0.137. The van der Waals surface area contributed by atoms with Gasteiger partial charge in [-0.15, -0.1) is 0 Å². The fraction of sp³-hybridized carbons (Fsp3) is 0.200. The van der Waals surface area contributed by atoms with Gasteiger partial charge in [0.05, 0.1) is 13.0 Å². The fourth-order valence-electron chi connectivity index (χ4n) is 1.44. The maximum absolute atomic E-state index is 13.3. The van der Waals surface area contributed by atoms with E-state index in [2.05, 4.69) is 5.10 Å². The molecular formula is C10H8ClFN2O2. The van der Waals surface area contributed by atoms with Gasteiger partial charge in [-0.05, 0) is 12.1 Å². The minimum Gasteiger partial charge on any atom is -0.481 e. The Morgan fingerprint density at radius 1 is 1.56 bits per heavy atom. The van der Waals surface area contributed by atoms with Crippen molar-refractivity contribution in [1.82, 2.24) is 9.78 Å². The van der Waals surface area contributed by atoms with E-state index >= 15 is 0 Å². The normalized spacial score (nSPS) is 10.9. The van der Waals surface area contributed by atoms with Crippen LogP contribution in [0.3, 0.4) is 0 Å². The molecule has 1 heterocycles. The van der Waals surface area contributed by atoms with Crippen molar-refractivity contribution in [2.24, 2.45) is 0 Å². The first-order valence-electron chi connectivity index (χ1n) is 4.62. The molecule has 1 aromatic carbocycles. The van der Waals surface area contributed by atoms with Gasteiger partial charge in [0.25, 0.3) is 0 Å². The van der Waals surface area contributed by atoms with E-state index < -0.39 is 11.8 Å². The zero-order valence-corrected chi connectivity index (χ0v) is 8.91. The molecule has 0 saturated carbocycles. The lowest BCUT2D eigenvalue weighted by Crippen LogP contribution is -2.05. The monoisotopic (exact) mass is 242 g/mol. The van der Waals surface area contributed by atoms with Crippen LogP contribution in [0.5, 0.6) is 0 Å². The Morgan fingerprint density at radius 3 is 2.94 bits per heavy atom. The number of benzene rings is 1. The summed E-state index contributed by atoms with van der Waals surface area (Å²) in [6, 6.07) is 4.46. The summed E-state index contributed by atoms with van der Waals surface area (Å²) in [5.74, 6) is -1.41. The standard InChI is InChI=1S/C10H8ClFN2O2/c11-10-6-2-1-3-7(12)9(6)13-14(10)5-4-8(15)16/h1-3H,4-5H2,(H,15,16). The van der Waals surface area contributed by atoms with Gasteiger partial charge in [-0.2, -0.15) is 5.10 Å². The van der Waals surface area contributed by atoms with Crippen LogP contribution in [0.1, 0.15) is 6.42 Å². The summed E-state index contributed by atoms with van der Waals surface area (Å²) in [7, 11) is 0. The van der Waals surface area contributed by atoms with Crippen LogP contribution in [-0.2, 0) is 11.3 Å². The van der Waals surface area contributed by atoms with E-state index in [1.165, 1.54) is 16.8 Å². The van der Waals surface area contributed by atoms with E-state index in [0.717, 1.165) is 0 Å². The summed E-state index contributed by atoms with van der Waals surface area (Å²) < 4.78 is 14.6. The second-order valence-corrected chi connectivity index (χ2v) is 3.65.